The van der Waals surface area contributed by atoms with Crippen LogP contribution in [0.1, 0.15) is 28.2 Å². The second-order valence-corrected chi connectivity index (χ2v) is 2.96. The Morgan fingerprint density at radius 3 is 2.69 bits per heavy atom. The molecule has 0 atom stereocenters. The number of carbonyl (C=O) groups excluding carboxylic acids is 1. The highest BCUT2D eigenvalue weighted by atomic mass is 19.3. The van der Waals surface area contributed by atoms with Crippen molar-refractivity contribution in [1.82, 2.24) is 4.98 Å². The van der Waals surface area contributed by atoms with E-state index in [2.05, 4.69) is 9.72 Å². The monoisotopic (exact) mass is 231 g/mol. The number of halogens is 2. The summed E-state index contributed by atoms with van der Waals surface area (Å²) in [6, 6.07) is 1.08. The Morgan fingerprint density at radius 2 is 2.25 bits per heavy atom. The molecule has 0 spiro atoms. The first kappa shape index (κ1) is 12.3. The molecule has 0 aliphatic heterocycles. The van der Waals surface area contributed by atoms with Gasteiger partial charge in [-0.1, -0.05) is 0 Å². The highest BCUT2D eigenvalue weighted by molar-refractivity contribution is 5.93. The second-order valence-electron chi connectivity index (χ2n) is 2.96. The van der Waals surface area contributed by atoms with Crippen LogP contribution in [0.25, 0.3) is 0 Å². The van der Waals surface area contributed by atoms with E-state index in [1.54, 1.807) is 0 Å². The molecule has 0 fully saturated rings. The molecule has 88 valence electrons. The van der Waals surface area contributed by atoms with Crippen LogP contribution >= 0.6 is 0 Å². The summed E-state index contributed by atoms with van der Waals surface area (Å²) in [5, 5.41) is 0. The van der Waals surface area contributed by atoms with Crippen molar-refractivity contribution in [2.45, 2.75) is 13.0 Å². The molecule has 0 amide bonds. The van der Waals surface area contributed by atoms with Gasteiger partial charge in [0.1, 0.15) is 5.69 Å². The van der Waals surface area contributed by atoms with Gasteiger partial charge in [-0.25, -0.2) is 18.6 Å². The van der Waals surface area contributed by atoms with Gasteiger partial charge < -0.3 is 16.2 Å². The summed E-state index contributed by atoms with van der Waals surface area (Å²) in [7, 11) is 1.11. The van der Waals surface area contributed by atoms with Crippen LogP contribution in [-0.2, 0) is 11.3 Å². The van der Waals surface area contributed by atoms with Crippen molar-refractivity contribution in [3.05, 3.63) is 23.0 Å². The summed E-state index contributed by atoms with van der Waals surface area (Å²) >= 11 is 0. The number of carbonyl (C=O) groups is 1. The Balaban J connectivity index is 3.35. The fourth-order valence-electron chi connectivity index (χ4n) is 1.16. The van der Waals surface area contributed by atoms with Gasteiger partial charge in [0.05, 0.1) is 12.8 Å². The Labute approximate surface area is 90.4 Å². The van der Waals surface area contributed by atoms with Crippen LogP contribution in [-0.4, -0.2) is 18.1 Å². The molecule has 0 saturated carbocycles. The number of anilines is 1. The van der Waals surface area contributed by atoms with Gasteiger partial charge in [0.15, 0.2) is 5.69 Å². The lowest BCUT2D eigenvalue weighted by Crippen LogP contribution is -2.14. The molecule has 1 heterocycles. The van der Waals surface area contributed by atoms with E-state index in [1.165, 1.54) is 0 Å². The highest BCUT2D eigenvalue weighted by Gasteiger charge is 2.20. The standard InChI is InChI=1S/C9H11F2N3O2/c1-16-9(15)7-6(13)4(3-12)2-5(14-7)8(10)11/h2,8H,3,12-13H2,1H3. The zero-order valence-electron chi connectivity index (χ0n) is 8.54. The summed E-state index contributed by atoms with van der Waals surface area (Å²) in [5.74, 6) is -0.866. The SMILES string of the molecule is COC(=O)c1nc(C(F)F)cc(CN)c1N. The van der Waals surface area contributed by atoms with Crippen molar-refractivity contribution in [3.8, 4) is 0 Å². The molecule has 1 aromatic heterocycles. The average molecular weight is 231 g/mol. The third kappa shape index (κ3) is 2.25. The van der Waals surface area contributed by atoms with Crippen LogP contribution in [0.15, 0.2) is 6.07 Å². The molecular weight excluding hydrogens is 220 g/mol. The fourth-order valence-corrected chi connectivity index (χ4v) is 1.16. The summed E-state index contributed by atoms with van der Waals surface area (Å²) in [6.45, 7) is -0.0575. The zero-order chi connectivity index (χ0) is 12.3. The van der Waals surface area contributed by atoms with E-state index in [9.17, 15) is 13.6 Å². The number of nitrogens with two attached hydrogens (primary N) is 2. The molecule has 16 heavy (non-hydrogen) atoms. The molecule has 0 unspecified atom stereocenters. The molecule has 0 aromatic carbocycles. The van der Waals surface area contributed by atoms with Crippen LogP contribution in [0.3, 0.4) is 0 Å². The maximum atomic E-state index is 12.5. The van der Waals surface area contributed by atoms with Gasteiger partial charge in [0, 0.05) is 6.54 Å². The van der Waals surface area contributed by atoms with Gasteiger partial charge in [-0.2, -0.15) is 0 Å². The van der Waals surface area contributed by atoms with Gasteiger partial charge in [0.25, 0.3) is 6.43 Å². The number of esters is 1. The Bertz CT molecular complexity index is 410. The molecule has 0 bridgehead atoms. The molecule has 0 aliphatic rings. The van der Waals surface area contributed by atoms with Gasteiger partial charge in [-0.3, -0.25) is 0 Å². The van der Waals surface area contributed by atoms with Crippen molar-refractivity contribution < 1.29 is 18.3 Å². The van der Waals surface area contributed by atoms with Gasteiger partial charge >= 0.3 is 5.97 Å². The first-order valence-corrected chi connectivity index (χ1v) is 4.37. The summed E-state index contributed by atoms with van der Waals surface area (Å²) in [6.07, 6.45) is -2.80. The van der Waals surface area contributed by atoms with Gasteiger partial charge in [-0.15, -0.1) is 0 Å². The number of ether oxygens (including phenoxy) is 1. The van der Waals surface area contributed by atoms with Crippen LogP contribution in [0, 0.1) is 0 Å². The normalized spacial score (nSPS) is 10.6. The minimum atomic E-state index is -2.80. The van der Waals surface area contributed by atoms with E-state index >= 15 is 0 Å². The summed E-state index contributed by atoms with van der Waals surface area (Å²) in [5.41, 5.74) is 10.2. The number of methoxy groups -OCH3 is 1. The lowest BCUT2D eigenvalue weighted by atomic mass is 10.1. The topological polar surface area (TPSA) is 91.2 Å². The van der Waals surface area contributed by atoms with E-state index in [0.29, 0.717) is 0 Å². The van der Waals surface area contributed by atoms with Crippen LogP contribution < -0.4 is 11.5 Å². The van der Waals surface area contributed by atoms with Crippen molar-refractivity contribution in [1.29, 1.82) is 0 Å². The van der Waals surface area contributed by atoms with E-state index in [4.69, 9.17) is 11.5 Å². The van der Waals surface area contributed by atoms with Crippen molar-refractivity contribution >= 4 is 11.7 Å². The van der Waals surface area contributed by atoms with E-state index in [-0.39, 0.29) is 23.5 Å². The predicted molar refractivity (Wildman–Crippen MR) is 52.8 cm³/mol. The molecule has 0 saturated heterocycles. The number of nitrogens with zero attached hydrogens (tertiary/aromatic N) is 1. The molecule has 4 N–H and O–H groups in total. The van der Waals surface area contributed by atoms with E-state index in [1.807, 2.05) is 0 Å². The number of pyridine rings is 1. The Morgan fingerprint density at radius 1 is 1.62 bits per heavy atom. The minimum absolute atomic E-state index is 0.0289. The van der Waals surface area contributed by atoms with E-state index in [0.717, 1.165) is 13.2 Å². The molecule has 1 aromatic rings. The van der Waals surface area contributed by atoms with Crippen molar-refractivity contribution in [2.75, 3.05) is 12.8 Å². The molecule has 5 nitrogen and oxygen atoms in total. The molecule has 7 heteroatoms. The first-order valence-electron chi connectivity index (χ1n) is 4.37. The molecule has 1 rings (SSSR count). The second kappa shape index (κ2) is 4.84. The predicted octanol–water partition coefficient (Wildman–Crippen LogP) is 0.847. The first-order chi connectivity index (χ1) is 7.51. The quantitative estimate of drug-likeness (QED) is 0.752. The summed E-state index contributed by atoms with van der Waals surface area (Å²) in [4.78, 5) is 14.7. The molecule has 0 radical (unpaired) electrons. The van der Waals surface area contributed by atoms with E-state index < -0.39 is 18.1 Å². The molecule has 0 aliphatic carbocycles. The number of alkyl halides is 2. The third-order valence-corrected chi connectivity index (χ3v) is 1.99. The smallest absolute Gasteiger partial charge is 0.358 e. The third-order valence-electron chi connectivity index (χ3n) is 1.99. The number of hydrogen-bond acceptors (Lipinski definition) is 5. The maximum absolute atomic E-state index is 12.5. The Kier molecular flexibility index (Phi) is 3.73. The van der Waals surface area contributed by atoms with Crippen LogP contribution in [0.2, 0.25) is 0 Å². The van der Waals surface area contributed by atoms with Gasteiger partial charge in [-0.05, 0) is 11.6 Å². The lowest BCUT2D eigenvalue weighted by molar-refractivity contribution is 0.0593. The fraction of sp³-hybridized carbons (Fsp3) is 0.333. The number of hydrogen-bond donors (Lipinski definition) is 2. The summed E-state index contributed by atoms with van der Waals surface area (Å²) < 4.78 is 29.3. The maximum Gasteiger partial charge on any atom is 0.358 e. The number of nitrogen functional groups attached to an aromatic ring is 1. The van der Waals surface area contributed by atoms with Crippen LogP contribution in [0.5, 0.6) is 0 Å². The molecular formula is C9H11F2N3O2. The minimum Gasteiger partial charge on any atom is -0.464 e. The lowest BCUT2D eigenvalue weighted by Gasteiger charge is -2.10. The van der Waals surface area contributed by atoms with Gasteiger partial charge in [0.2, 0.25) is 0 Å². The van der Waals surface area contributed by atoms with Crippen molar-refractivity contribution in [3.63, 3.8) is 0 Å². The van der Waals surface area contributed by atoms with Crippen LogP contribution in [0.4, 0.5) is 14.5 Å². The average Bonchev–Trinajstić information content (AvgIpc) is 2.28. The Hall–Kier alpha value is -1.76. The van der Waals surface area contributed by atoms with Crippen molar-refractivity contribution in [2.24, 2.45) is 5.73 Å². The largest absolute Gasteiger partial charge is 0.464 e. The highest BCUT2D eigenvalue weighted by Crippen LogP contribution is 2.23. The number of aromatic nitrogens is 1. The zero-order valence-corrected chi connectivity index (χ0v) is 8.54. The number of rotatable bonds is 3.